The molecule has 0 spiro atoms. The fourth-order valence-electron chi connectivity index (χ4n) is 1.31. The predicted molar refractivity (Wildman–Crippen MR) is 35.7 cm³/mol. The predicted octanol–water partition coefficient (Wildman–Crippen LogP) is -1.94. The summed E-state index contributed by atoms with van der Waals surface area (Å²) >= 11 is -1.82. The maximum Gasteiger partial charge on any atom is 1.00 e. The van der Waals surface area contributed by atoms with Crippen molar-refractivity contribution in [3.8, 4) is 0 Å². The Morgan fingerprint density at radius 2 is 1.90 bits per heavy atom. The second-order valence-electron chi connectivity index (χ2n) is 3.45. The van der Waals surface area contributed by atoms with Gasteiger partial charge in [-0.2, -0.15) is 0 Å². The van der Waals surface area contributed by atoms with Crippen LogP contribution in [-0.2, 0) is 11.1 Å². The Morgan fingerprint density at radius 1 is 1.50 bits per heavy atom. The maximum absolute atomic E-state index is 10.3. The third-order valence-electron chi connectivity index (χ3n) is 1.83. The van der Waals surface area contributed by atoms with E-state index in [4.69, 9.17) is 0 Å². The molecule has 1 aliphatic rings. The monoisotopic (exact) mass is 170 g/mol. The Kier molecular flexibility index (Phi) is 4.08. The number of hydrogen-bond acceptors (Lipinski definition) is 2. The van der Waals surface area contributed by atoms with Crippen LogP contribution < -0.4 is 29.6 Å². The van der Waals surface area contributed by atoms with Crippen molar-refractivity contribution in [1.29, 1.82) is 0 Å². The zero-order valence-electron chi connectivity index (χ0n) is 6.72. The van der Waals surface area contributed by atoms with Crippen LogP contribution in [0.25, 0.3) is 0 Å². The summed E-state index contributed by atoms with van der Waals surface area (Å²) in [7, 11) is 0. The maximum atomic E-state index is 10.3. The Hall–Kier alpha value is 1.11. The molecular formula is C6H11NaO2S. The van der Waals surface area contributed by atoms with Crippen molar-refractivity contribution in [1.82, 2.24) is 0 Å². The van der Waals surface area contributed by atoms with Crippen LogP contribution in [0.4, 0.5) is 0 Å². The average Bonchev–Trinajstić information content (AvgIpc) is 1.59. The molecule has 0 radical (unpaired) electrons. The van der Waals surface area contributed by atoms with E-state index in [9.17, 15) is 8.76 Å². The molecule has 1 rings (SSSR count). The van der Waals surface area contributed by atoms with Gasteiger partial charge >= 0.3 is 29.6 Å². The van der Waals surface area contributed by atoms with Crippen molar-refractivity contribution in [2.75, 3.05) is 0 Å². The van der Waals surface area contributed by atoms with E-state index in [-0.39, 0.29) is 40.2 Å². The largest absolute Gasteiger partial charge is 1.00 e. The van der Waals surface area contributed by atoms with E-state index in [1.54, 1.807) is 0 Å². The second kappa shape index (κ2) is 3.68. The van der Waals surface area contributed by atoms with Gasteiger partial charge in [0.25, 0.3) is 0 Å². The normalized spacial score (nSPS) is 26.3. The van der Waals surface area contributed by atoms with Gasteiger partial charge < -0.3 is 4.55 Å². The van der Waals surface area contributed by atoms with E-state index in [2.05, 4.69) is 13.8 Å². The molecule has 0 aliphatic heterocycles. The second-order valence-corrected chi connectivity index (χ2v) is 4.64. The van der Waals surface area contributed by atoms with E-state index in [0.717, 1.165) is 12.8 Å². The van der Waals surface area contributed by atoms with Gasteiger partial charge in [-0.1, -0.05) is 24.9 Å². The van der Waals surface area contributed by atoms with Crippen molar-refractivity contribution < 1.29 is 38.3 Å². The van der Waals surface area contributed by atoms with E-state index in [1.165, 1.54) is 0 Å². The summed E-state index contributed by atoms with van der Waals surface area (Å²) in [5.41, 5.74) is 0.282. The van der Waals surface area contributed by atoms with Crippen LogP contribution in [0.1, 0.15) is 26.7 Å². The van der Waals surface area contributed by atoms with Crippen LogP contribution in [-0.4, -0.2) is 14.0 Å². The molecule has 10 heavy (non-hydrogen) atoms. The molecule has 0 bridgehead atoms. The molecule has 0 amide bonds. The molecule has 1 saturated carbocycles. The minimum atomic E-state index is -1.82. The third kappa shape index (κ3) is 2.62. The van der Waals surface area contributed by atoms with E-state index in [1.807, 2.05) is 0 Å². The van der Waals surface area contributed by atoms with Crippen molar-refractivity contribution >= 4 is 11.1 Å². The molecule has 0 aromatic carbocycles. The first-order valence-corrected chi connectivity index (χ1v) is 4.23. The Labute approximate surface area is 86.3 Å². The first-order chi connectivity index (χ1) is 4.01. The smallest absolute Gasteiger partial charge is 0.772 e. The van der Waals surface area contributed by atoms with Crippen molar-refractivity contribution in [2.45, 2.75) is 31.9 Å². The van der Waals surface area contributed by atoms with Crippen molar-refractivity contribution in [3.63, 3.8) is 0 Å². The van der Waals surface area contributed by atoms with Crippen LogP contribution in [0, 0.1) is 5.41 Å². The van der Waals surface area contributed by atoms with Gasteiger partial charge in [-0.3, -0.25) is 4.21 Å². The summed E-state index contributed by atoms with van der Waals surface area (Å²) in [5.74, 6) is 0. The van der Waals surface area contributed by atoms with Gasteiger partial charge in [0.15, 0.2) is 0 Å². The van der Waals surface area contributed by atoms with Gasteiger partial charge in [0.05, 0.1) is 0 Å². The molecule has 0 aromatic rings. The summed E-state index contributed by atoms with van der Waals surface area (Å²) in [6.45, 7) is 4.19. The fraction of sp³-hybridized carbons (Fsp3) is 1.00. The molecule has 1 unspecified atom stereocenters. The standard InChI is InChI=1S/C6H12O2S.Na/c1-6(2)3-5(4-6)9(7)8;/h5H,3-4H2,1-2H3,(H,7,8);/q;+1/p-1. The Morgan fingerprint density at radius 3 is 2.00 bits per heavy atom. The Bertz CT molecular complexity index is 139. The van der Waals surface area contributed by atoms with Gasteiger partial charge in [0, 0.05) is 5.25 Å². The SMILES string of the molecule is CC1(C)CC(S(=O)[O-])C1.[Na+]. The molecule has 0 heterocycles. The fourth-order valence-corrected chi connectivity index (χ4v) is 2.48. The number of hydrogen-bond donors (Lipinski definition) is 0. The molecule has 1 fully saturated rings. The minimum absolute atomic E-state index is 0. The first kappa shape index (κ1) is 11.1. The van der Waals surface area contributed by atoms with Gasteiger partial charge in [-0.15, -0.1) is 0 Å². The summed E-state index contributed by atoms with van der Waals surface area (Å²) < 4.78 is 20.5. The Balaban J connectivity index is 0.000000810. The summed E-state index contributed by atoms with van der Waals surface area (Å²) in [4.78, 5) is 0. The van der Waals surface area contributed by atoms with Gasteiger partial charge in [0.1, 0.15) is 0 Å². The summed E-state index contributed by atoms with van der Waals surface area (Å²) in [6, 6.07) is 0. The third-order valence-corrected chi connectivity index (χ3v) is 2.71. The van der Waals surface area contributed by atoms with E-state index < -0.39 is 11.1 Å². The van der Waals surface area contributed by atoms with Crippen LogP contribution in [0.15, 0.2) is 0 Å². The summed E-state index contributed by atoms with van der Waals surface area (Å²) in [6.07, 6.45) is 1.67. The number of rotatable bonds is 1. The van der Waals surface area contributed by atoms with Crippen molar-refractivity contribution in [2.24, 2.45) is 5.41 Å². The zero-order valence-corrected chi connectivity index (χ0v) is 9.53. The zero-order chi connectivity index (χ0) is 7.07. The van der Waals surface area contributed by atoms with E-state index >= 15 is 0 Å². The molecule has 1 aliphatic carbocycles. The van der Waals surface area contributed by atoms with Crippen molar-refractivity contribution in [3.05, 3.63) is 0 Å². The molecular weight excluding hydrogens is 159 g/mol. The van der Waals surface area contributed by atoms with Crippen LogP contribution >= 0.6 is 0 Å². The van der Waals surface area contributed by atoms with Gasteiger partial charge in [-0.25, -0.2) is 0 Å². The van der Waals surface area contributed by atoms with Crippen LogP contribution in [0.5, 0.6) is 0 Å². The van der Waals surface area contributed by atoms with Gasteiger partial charge in [-0.05, 0) is 18.3 Å². The quantitative estimate of drug-likeness (QED) is 0.339. The first-order valence-electron chi connectivity index (χ1n) is 3.09. The molecule has 4 heteroatoms. The molecule has 1 atom stereocenters. The molecule has 0 aromatic heterocycles. The van der Waals surface area contributed by atoms with Gasteiger partial charge in [0.2, 0.25) is 0 Å². The van der Waals surface area contributed by atoms with Crippen LogP contribution in [0.2, 0.25) is 0 Å². The molecule has 54 valence electrons. The molecule has 2 nitrogen and oxygen atoms in total. The average molecular weight is 170 g/mol. The topological polar surface area (TPSA) is 40.1 Å². The molecule has 0 saturated heterocycles. The van der Waals surface area contributed by atoms with Crippen LogP contribution in [0.3, 0.4) is 0 Å². The summed E-state index contributed by atoms with van der Waals surface area (Å²) in [5, 5.41) is -0.0556. The molecule has 0 N–H and O–H groups in total. The van der Waals surface area contributed by atoms with E-state index in [0.29, 0.717) is 0 Å². The minimum Gasteiger partial charge on any atom is -0.772 e.